The normalized spacial score (nSPS) is 43.3. The van der Waals surface area contributed by atoms with Crippen LogP contribution in [0.4, 0.5) is 4.39 Å². The molecule has 3 aliphatic carbocycles. The van der Waals surface area contributed by atoms with Gasteiger partial charge in [0.05, 0.1) is 11.9 Å². The molecule has 6 unspecified atom stereocenters. The van der Waals surface area contributed by atoms with E-state index in [0.29, 0.717) is 30.8 Å². The van der Waals surface area contributed by atoms with Gasteiger partial charge in [-0.15, -0.1) is 0 Å². The predicted octanol–water partition coefficient (Wildman–Crippen LogP) is 4.48. The van der Waals surface area contributed by atoms with Gasteiger partial charge in [0.1, 0.15) is 6.23 Å². The third-order valence-electron chi connectivity index (χ3n) is 7.47. The molecular weight excluding hydrogens is 329 g/mol. The van der Waals surface area contributed by atoms with Crippen molar-refractivity contribution in [3.05, 3.63) is 23.6 Å². The van der Waals surface area contributed by atoms with Crippen molar-refractivity contribution in [1.29, 1.82) is 0 Å². The minimum absolute atomic E-state index is 0.0174. The van der Waals surface area contributed by atoms with E-state index in [-0.39, 0.29) is 17.8 Å². The Morgan fingerprint density at radius 2 is 2.00 bits per heavy atom. The van der Waals surface area contributed by atoms with Gasteiger partial charge < -0.3 is 9.84 Å². The number of nitrogens with one attached hydrogen (secondary N) is 1. The fourth-order valence-electron chi connectivity index (χ4n) is 6.09. The molecule has 2 N–H and O–H groups in total. The Hall–Kier alpha value is -0.710. The number of aliphatic hydroxyl groups excluding tert-OH is 1. The zero-order valence-electron chi connectivity index (χ0n) is 16.0. The van der Waals surface area contributed by atoms with Gasteiger partial charge in [-0.2, -0.15) is 0 Å². The van der Waals surface area contributed by atoms with Gasteiger partial charge in [0.15, 0.2) is 0 Å². The van der Waals surface area contributed by atoms with Crippen molar-refractivity contribution in [3.8, 4) is 0 Å². The molecular formula is C22H34FNO2. The third-order valence-corrected chi connectivity index (χ3v) is 7.47. The molecule has 26 heavy (non-hydrogen) atoms. The Kier molecular flexibility index (Phi) is 5.82. The summed E-state index contributed by atoms with van der Waals surface area (Å²) in [5.41, 5.74) is 1.04. The van der Waals surface area contributed by atoms with Crippen LogP contribution in [0, 0.1) is 23.7 Å². The standard InChI is InChI=1S/C22H34FNO2/c1-26-21-10-7-14(11-17(21)15-5-3-2-4-6-15)12-19-18-13-16(23)8-9-20(18)24-22(19)25/h8,12,14-15,17-18,20-22,24-25H,2-7,9-11,13H2,1H3/b19-12+. The molecule has 0 aromatic heterocycles. The summed E-state index contributed by atoms with van der Waals surface area (Å²) in [5, 5.41) is 13.8. The number of hydrogen-bond acceptors (Lipinski definition) is 3. The zero-order chi connectivity index (χ0) is 18.1. The van der Waals surface area contributed by atoms with Crippen LogP contribution in [0.15, 0.2) is 23.6 Å². The minimum Gasteiger partial charge on any atom is -0.381 e. The lowest BCUT2D eigenvalue weighted by Crippen LogP contribution is -2.36. The molecule has 0 radical (unpaired) electrons. The molecule has 2 saturated carbocycles. The van der Waals surface area contributed by atoms with Crippen LogP contribution < -0.4 is 5.32 Å². The van der Waals surface area contributed by atoms with Gasteiger partial charge in [0.2, 0.25) is 0 Å². The van der Waals surface area contributed by atoms with Crippen molar-refractivity contribution in [2.24, 2.45) is 23.7 Å². The van der Waals surface area contributed by atoms with Crippen LogP contribution in [0.5, 0.6) is 0 Å². The number of ether oxygens (including phenoxy) is 1. The fraction of sp³-hybridized carbons (Fsp3) is 0.818. The highest BCUT2D eigenvalue weighted by molar-refractivity contribution is 5.26. The van der Waals surface area contributed by atoms with Crippen LogP contribution in [0.25, 0.3) is 0 Å². The van der Waals surface area contributed by atoms with Gasteiger partial charge in [0, 0.05) is 25.5 Å². The summed E-state index contributed by atoms with van der Waals surface area (Å²) in [4.78, 5) is 0. The summed E-state index contributed by atoms with van der Waals surface area (Å²) < 4.78 is 19.7. The summed E-state index contributed by atoms with van der Waals surface area (Å²) in [6, 6.07) is 0.195. The Morgan fingerprint density at radius 3 is 2.77 bits per heavy atom. The van der Waals surface area contributed by atoms with E-state index in [1.165, 1.54) is 32.1 Å². The fourth-order valence-corrected chi connectivity index (χ4v) is 6.09. The van der Waals surface area contributed by atoms with Crippen molar-refractivity contribution < 1.29 is 14.2 Å². The van der Waals surface area contributed by atoms with Gasteiger partial charge in [0.25, 0.3) is 0 Å². The van der Waals surface area contributed by atoms with E-state index in [0.717, 1.165) is 30.8 Å². The molecule has 4 rings (SSSR count). The predicted molar refractivity (Wildman–Crippen MR) is 101 cm³/mol. The lowest BCUT2D eigenvalue weighted by atomic mass is 9.68. The van der Waals surface area contributed by atoms with Gasteiger partial charge >= 0.3 is 0 Å². The zero-order valence-corrected chi connectivity index (χ0v) is 16.0. The number of fused-ring (bicyclic) bond motifs is 1. The second kappa shape index (κ2) is 8.12. The Bertz CT molecular complexity index is 554. The lowest BCUT2D eigenvalue weighted by Gasteiger charge is -2.41. The van der Waals surface area contributed by atoms with Crippen molar-refractivity contribution in [1.82, 2.24) is 5.32 Å². The van der Waals surface area contributed by atoms with Gasteiger partial charge in [-0.05, 0) is 49.0 Å². The van der Waals surface area contributed by atoms with E-state index < -0.39 is 6.23 Å². The SMILES string of the molecule is COC1CCC(/C=C2/C(O)NC3CC=C(F)CC23)CC1C1CCCCC1. The molecule has 0 spiro atoms. The maximum atomic E-state index is 13.8. The summed E-state index contributed by atoms with van der Waals surface area (Å²) in [6.07, 6.45) is 15.1. The molecule has 3 nitrogen and oxygen atoms in total. The van der Waals surface area contributed by atoms with E-state index in [1.54, 1.807) is 6.08 Å². The molecule has 146 valence electrons. The van der Waals surface area contributed by atoms with Crippen LogP contribution in [0.3, 0.4) is 0 Å². The summed E-state index contributed by atoms with van der Waals surface area (Å²) in [5.74, 6) is 2.04. The smallest absolute Gasteiger partial charge is 0.127 e. The Morgan fingerprint density at radius 1 is 1.19 bits per heavy atom. The number of allylic oxidation sites excluding steroid dienone is 2. The molecule has 3 fully saturated rings. The summed E-state index contributed by atoms with van der Waals surface area (Å²) in [6.45, 7) is 0. The van der Waals surface area contributed by atoms with Crippen molar-refractivity contribution in [3.63, 3.8) is 0 Å². The van der Waals surface area contributed by atoms with Crippen molar-refractivity contribution >= 4 is 0 Å². The van der Waals surface area contributed by atoms with E-state index in [2.05, 4.69) is 11.4 Å². The molecule has 0 aromatic carbocycles. The first-order valence-electron chi connectivity index (χ1n) is 10.7. The summed E-state index contributed by atoms with van der Waals surface area (Å²) in [7, 11) is 1.87. The summed E-state index contributed by atoms with van der Waals surface area (Å²) >= 11 is 0. The molecule has 4 heteroatoms. The Labute approximate surface area is 157 Å². The molecule has 6 atom stereocenters. The molecule has 0 aromatic rings. The van der Waals surface area contributed by atoms with Crippen LogP contribution in [-0.2, 0) is 4.74 Å². The van der Waals surface area contributed by atoms with E-state index in [4.69, 9.17) is 4.74 Å². The van der Waals surface area contributed by atoms with Crippen molar-refractivity contribution in [2.75, 3.05) is 7.11 Å². The first-order chi connectivity index (χ1) is 12.7. The Balaban J connectivity index is 1.48. The van der Waals surface area contributed by atoms with Crippen LogP contribution >= 0.6 is 0 Å². The van der Waals surface area contributed by atoms with E-state index in [1.807, 2.05) is 7.11 Å². The first-order valence-corrected chi connectivity index (χ1v) is 10.7. The second-order valence-corrected chi connectivity index (χ2v) is 8.95. The van der Waals surface area contributed by atoms with Gasteiger partial charge in [-0.1, -0.05) is 44.3 Å². The average molecular weight is 364 g/mol. The maximum absolute atomic E-state index is 13.8. The highest BCUT2D eigenvalue weighted by Gasteiger charge is 2.41. The second-order valence-electron chi connectivity index (χ2n) is 8.95. The molecule has 0 bridgehead atoms. The maximum Gasteiger partial charge on any atom is 0.127 e. The number of methoxy groups -OCH3 is 1. The van der Waals surface area contributed by atoms with E-state index in [9.17, 15) is 9.50 Å². The van der Waals surface area contributed by atoms with Crippen LogP contribution in [0.2, 0.25) is 0 Å². The quantitative estimate of drug-likeness (QED) is 0.727. The first kappa shape index (κ1) is 18.6. The molecule has 4 aliphatic rings. The van der Waals surface area contributed by atoms with Crippen molar-refractivity contribution in [2.45, 2.75) is 82.6 Å². The molecule has 1 aliphatic heterocycles. The number of hydrogen-bond donors (Lipinski definition) is 2. The largest absolute Gasteiger partial charge is 0.381 e. The van der Waals surface area contributed by atoms with Crippen LogP contribution in [0.1, 0.15) is 64.2 Å². The highest BCUT2D eigenvalue weighted by Crippen LogP contribution is 2.44. The van der Waals surface area contributed by atoms with Gasteiger partial charge in [-0.3, -0.25) is 5.32 Å². The minimum atomic E-state index is -0.599. The molecule has 0 amide bonds. The topological polar surface area (TPSA) is 41.5 Å². The third kappa shape index (κ3) is 3.79. The van der Waals surface area contributed by atoms with Gasteiger partial charge in [-0.25, -0.2) is 4.39 Å². The molecule has 1 saturated heterocycles. The number of halogens is 1. The average Bonchev–Trinajstić information content (AvgIpc) is 2.97. The monoisotopic (exact) mass is 363 g/mol. The highest BCUT2D eigenvalue weighted by atomic mass is 19.1. The lowest BCUT2D eigenvalue weighted by molar-refractivity contribution is -0.0184. The molecule has 1 heterocycles. The number of aliphatic hydroxyl groups is 1. The van der Waals surface area contributed by atoms with E-state index >= 15 is 0 Å². The number of rotatable bonds is 3. The van der Waals surface area contributed by atoms with Crippen LogP contribution in [-0.4, -0.2) is 30.6 Å².